The van der Waals surface area contributed by atoms with Crippen LogP contribution in [0.1, 0.15) is 31.2 Å². The Morgan fingerprint density at radius 2 is 1.95 bits per heavy atom. The molecule has 0 saturated heterocycles. The van der Waals surface area contributed by atoms with Gasteiger partial charge in [0.2, 0.25) is 5.91 Å². The topological polar surface area (TPSA) is 56.1 Å². The minimum atomic E-state index is 0.0438. The van der Waals surface area contributed by atoms with Crippen LogP contribution in [0.2, 0.25) is 0 Å². The number of nitriles is 1. The van der Waals surface area contributed by atoms with Gasteiger partial charge in [-0.15, -0.1) is 0 Å². The molecule has 4 nitrogen and oxygen atoms in total. The van der Waals surface area contributed by atoms with Gasteiger partial charge in [0.25, 0.3) is 0 Å². The van der Waals surface area contributed by atoms with Gasteiger partial charge >= 0.3 is 0 Å². The minimum Gasteiger partial charge on any atom is -0.325 e. The molecular weight excluding hydrogens is 250 g/mol. The molecule has 20 heavy (non-hydrogen) atoms. The molecule has 1 aromatic rings. The molecule has 3 rings (SSSR count). The molecule has 0 unspecified atom stereocenters. The van der Waals surface area contributed by atoms with Crippen LogP contribution in [0.5, 0.6) is 0 Å². The summed E-state index contributed by atoms with van der Waals surface area (Å²) in [7, 11) is 0. The van der Waals surface area contributed by atoms with Crippen molar-refractivity contribution in [3.05, 3.63) is 29.8 Å². The molecule has 1 amide bonds. The quantitative estimate of drug-likeness (QED) is 0.862. The van der Waals surface area contributed by atoms with Gasteiger partial charge in [0.05, 0.1) is 18.2 Å². The summed E-state index contributed by atoms with van der Waals surface area (Å²) in [6.45, 7) is 1.56. The second-order valence-corrected chi connectivity index (χ2v) is 5.84. The number of anilines is 1. The second kappa shape index (κ2) is 5.64. The summed E-state index contributed by atoms with van der Waals surface area (Å²) >= 11 is 0. The highest BCUT2D eigenvalue weighted by Gasteiger charge is 2.34. The number of carbonyl (C=O) groups excluding carboxylic acids is 1. The maximum absolute atomic E-state index is 12.1. The maximum atomic E-state index is 12.1. The van der Waals surface area contributed by atoms with Crippen molar-refractivity contribution in [1.82, 2.24) is 4.90 Å². The van der Waals surface area contributed by atoms with E-state index in [9.17, 15) is 4.79 Å². The summed E-state index contributed by atoms with van der Waals surface area (Å²) in [4.78, 5) is 14.4. The van der Waals surface area contributed by atoms with E-state index in [0.29, 0.717) is 18.2 Å². The van der Waals surface area contributed by atoms with Crippen LogP contribution in [0.3, 0.4) is 0 Å². The van der Waals surface area contributed by atoms with E-state index in [-0.39, 0.29) is 5.91 Å². The van der Waals surface area contributed by atoms with Crippen molar-refractivity contribution in [1.29, 1.82) is 5.26 Å². The number of carbonyl (C=O) groups is 1. The zero-order chi connectivity index (χ0) is 13.9. The molecule has 0 heterocycles. The van der Waals surface area contributed by atoms with Crippen molar-refractivity contribution in [2.24, 2.45) is 5.92 Å². The molecule has 2 saturated carbocycles. The van der Waals surface area contributed by atoms with Crippen molar-refractivity contribution in [2.75, 3.05) is 18.4 Å². The van der Waals surface area contributed by atoms with Crippen LogP contribution in [-0.2, 0) is 4.79 Å². The highest BCUT2D eigenvalue weighted by Crippen LogP contribution is 2.34. The third-order valence-corrected chi connectivity index (χ3v) is 3.90. The van der Waals surface area contributed by atoms with E-state index in [4.69, 9.17) is 5.26 Å². The fourth-order valence-corrected chi connectivity index (χ4v) is 2.43. The number of rotatable bonds is 6. The molecule has 0 aliphatic heterocycles. The van der Waals surface area contributed by atoms with Gasteiger partial charge in [0.1, 0.15) is 0 Å². The Hall–Kier alpha value is -1.86. The Labute approximate surface area is 119 Å². The van der Waals surface area contributed by atoms with Crippen LogP contribution >= 0.6 is 0 Å². The number of amides is 1. The van der Waals surface area contributed by atoms with Gasteiger partial charge in [-0.05, 0) is 55.9 Å². The molecule has 0 radical (unpaired) electrons. The first-order valence-electron chi connectivity index (χ1n) is 7.28. The summed E-state index contributed by atoms with van der Waals surface area (Å²) < 4.78 is 0. The monoisotopic (exact) mass is 269 g/mol. The van der Waals surface area contributed by atoms with Gasteiger partial charge in [-0.3, -0.25) is 9.69 Å². The summed E-state index contributed by atoms with van der Waals surface area (Å²) in [5, 5.41) is 11.7. The molecule has 1 N–H and O–H groups in total. The lowest BCUT2D eigenvalue weighted by Gasteiger charge is -2.21. The molecule has 0 bridgehead atoms. The summed E-state index contributed by atoms with van der Waals surface area (Å²) in [6.07, 6.45) is 5.11. The van der Waals surface area contributed by atoms with Gasteiger partial charge in [-0.2, -0.15) is 5.26 Å². The Morgan fingerprint density at radius 3 is 2.50 bits per heavy atom. The van der Waals surface area contributed by atoms with Gasteiger partial charge < -0.3 is 5.32 Å². The average Bonchev–Trinajstić information content (AvgIpc) is 3.32. The van der Waals surface area contributed by atoms with Gasteiger partial charge in [0, 0.05) is 18.3 Å². The average molecular weight is 269 g/mol. The van der Waals surface area contributed by atoms with E-state index < -0.39 is 0 Å². The molecule has 0 atom stereocenters. The fraction of sp³-hybridized carbons (Fsp3) is 0.500. The lowest BCUT2D eigenvalue weighted by molar-refractivity contribution is -0.117. The predicted molar refractivity (Wildman–Crippen MR) is 77.1 cm³/mol. The summed E-state index contributed by atoms with van der Waals surface area (Å²) in [5.41, 5.74) is 1.37. The largest absolute Gasteiger partial charge is 0.325 e. The van der Waals surface area contributed by atoms with Gasteiger partial charge in [-0.1, -0.05) is 0 Å². The Morgan fingerprint density at radius 1 is 1.25 bits per heavy atom. The first-order valence-corrected chi connectivity index (χ1v) is 7.28. The lowest BCUT2D eigenvalue weighted by Crippen LogP contribution is -2.36. The number of hydrogen-bond donors (Lipinski definition) is 1. The SMILES string of the molecule is N#Cc1ccc(NC(=O)CN(CC2CC2)C2CC2)cc1. The zero-order valence-corrected chi connectivity index (χ0v) is 11.5. The number of nitrogens with zero attached hydrogens (tertiary/aromatic N) is 2. The van der Waals surface area contributed by atoms with Crippen LogP contribution in [0.4, 0.5) is 5.69 Å². The molecule has 0 aromatic heterocycles. The number of hydrogen-bond acceptors (Lipinski definition) is 3. The van der Waals surface area contributed by atoms with E-state index in [2.05, 4.69) is 16.3 Å². The second-order valence-electron chi connectivity index (χ2n) is 5.84. The third-order valence-electron chi connectivity index (χ3n) is 3.90. The van der Waals surface area contributed by atoms with Crippen LogP contribution < -0.4 is 5.32 Å². The minimum absolute atomic E-state index is 0.0438. The number of nitrogens with one attached hydrogen (secondary N) is 1. The highest BCUT2D eigenvalue weighted by atomic mass is 16.2. The van der Waals surface area contributed by atoms with E-state index in [1.165, 1.54) is 25.7 Å². The van der Waals surface area contributed by atoms with E-state index >= 15 is 0 Å². The maximum Gasteiger partial charge on any atom is 0.238 e. The summed E-state index contributed by atoms with van der Waals surface area (Å²) in [5.74, 6) is 0.862. The highest BCUT2D eigenvalue weighted by molar-refractivity contribution is 5.92. The molecule has 1 aromatic carbocycles. The molecule has 0 spiro atoms. The van der Waals surface area contributed by atoms with Crippen molar-refractivity contribution in [3.8, 4) is 6.07 Å². The van der Waals surface area contributed by atoms with Crippen LogP contribution in [0.15, 0.2) is 24.3 Å². The van der Waals surface area contributed by atoms with Crippen molar-refractivity contribution < 1.29 is 4.79 Å². The van der Waals surface area contributed by atoms with Crippen molar-refractivity contribution >= 4 is 11.6 Å². The fourth-order valence-electron chi connectivity index (χ4n) is 2.43. The smallest absolute Gasteiger partial charge is 0.238 e. The lowest BCUT2D eigenvalue weighted by atomic mass is 10.2. The number of benzene rings is 1. The summed E-state index contributed by atoms with van der Waals surface area (Å²) in [6, 6.07) is 9.69. The van der Waals surface area contributed by atoms with Gasteiger partial charge in [0.15, 0.2) is 0 Å². The van der Waals surface area contributed by atoms with E-state index in [0.717, 1.165) is 18.2 Å². The molecule has 2 aliphatic carbocycles. The molecule has 104 valence electrons. The Bertz CT molecular complexity index is 524. The van der Waals surface area contributed by atoms with E-state index in [1.807, 2.05) is 0 Å². The Balaban J connectivity index is 1.53. The van der Waals surface area contributed by atoms with Crippen molar-refractivity contribution in [2.45, 2.75) is 31.7 Å². The first kappa shape index (κ1) is 13.1. The van der Waals surface area contributed by atoms with Crippen LogP contribution in [-0.4, -0.2) is 29.9 Å². The standard InChI is InChI=1S/C16H19N3O/c17-9-12-3-5-14(6-4-12)18-16(20)11-19(15-7-8-15)10-13-1-2-13/h3-6,13,15H,1-2,7-8,10-11H2,(H,18,20). The third kappa shape index (κ3) is 3.58. The molecule has 2 fully saturated rings. The van der Waals surface area contributed by atoms with E-state index in [1.54, 1.807) is 24.3 Å². The normalized spacial score (nSPS) is 17.8. The molecular formula is C16H19N3O. The predicted octanol–water partition coefficient (Wildman–Crippen LogP) is 2.37. The van der Waals surface area contributed by atoms with Crippen LogP contribution in [0.25, 0.3) is 0 Å². The van der Waals surface area contributed by atoms with Gasteiger partial charge in [-0.25, -0.2) is 0 Å². The Kier molecular flexibility index (Phi) is 3.70. The molecule has 4 heteroatoms. The van der Waals surface area contributed by atoms with Crippen LogP contribution in [0, 0.1) is 17.2 Å². The zero-order valence-electron chi connectivity index (χ0n) is 11.5. The first-order chi connectivity index (χ1) is 9.74. The molecule has 2 aliphatic rings. The van der Waals surface area contributed by atoms with Crippen molar-refractivity contribution in [3.63, 3.8) is 0 Å².